The number of nitrogens with one attached hydrogen (secondary N) is 1. The van der Waals surface area contributed by atoms with Gasteiger partial charge in [0, 0.05) is 28.9 Å². The highest BCUT2D eigenvalue weighted by molar-refractivity contribution is 6.31. The minimum absolute atomic E-state index is 0.0894. The Hall–Kier alpha value is -2.53. The van der Waals surface area contributed by atoms with Gasteiger partial charge in [0.25, 0.3) is 0 Å². The number of carbonyl (C=O) groups is 1. The summed E-state index contributed by atoms with van der Waals surface area (Å²) in [5.41, 5.74) is 10.1. The van der Waals surface area contributed by atoms with Crippen molar-refractivity contribution in [1.29, 1.82) is 0 Å². The normalized spacial score (nSPS) is 16.9. The number of hydrazone groups is 1. The van der Waals surface area contributed by atoms with Gasteiger partial charge < -0.3 is 11.1 Å². The molecular formula is C18H19ClN4O. The minimum Gasteiger partial charge on any atom is -0.399 e. The van der Waals surface area contributed by atoms with Crippen LogP contribution in [0.3, 0.4) is 0 Å². The highest BCUT2D eigenvalue weighted by Crippen LogP contribution is 2.26. The maximum atomic E-state index is 12.2. The summed E-state index contributed by atoms with van der Waals surface area (Å²) < 4.78 is 0. The van der Waals surface area contributed by atoms with Gasteiger partial charge in [0.1, 0.15) is 0 Å². The van der Waals surface area contributed by atoms with Crippen molar-refractivity contribution in [3.63, 3.8) is 0 Å². The zero-order chi connectivity index (χ0) is 17.3. The maximum Gasteiger partial charge on any atom is 0.337 e. The Morgan fingerprint density at radius 2 is 2.00 bits per heavy atom. The van der Waals surface area contributed by atoms with Crippen LogP contribution in [0.1, 0.15) is 23.6 Å². The Labute approximate surface area is 146 Å². The molecule has 0 radical (unpaired) electrons. The van der Waals surface area contributed by atoms with Crippen LogP contribution in [-0.2, 0) is 6.42 Å². The minimum atomic E-state index is -0.241. The van der Waals surface area contributed by atoms with Crippen LogP contribution >= 0.6 is 11.6 Å². The van der Waals surface area contributed by atoms with Crippen molar-refractivity contribution in [2.75, 3.05) is 12.8 Å². The van der Waals surface area contributed by atoms with E-state index in [1.165, 1.54) is 5.01 Å². The molecule has 1 unspecified atom stereocenters. The van der Waals surface area contributed by atoms with Gasteiger partial charge in [-0.1, -0.05) is 29.8 Å². The molecule has 0 spiro atoms. The molecule has 0 saturated carbocycles. The van der Waals surface area contributed by atoms with Crippen LogP contribution in [-0.4, -0.2) is 29.8 Å². The van der Waals surface area contributed by atoms with Gasteiger partial charge in [0.2, 0.25) is 0 Å². The van der Waals surface area contributed by atoms with Crippen molar-refractivity contribution >= 4 is 29.0 Å². The summed E-state index contributed by atoms with van der Waals surface area (Å²) in [7, 11) is 1.60. The number of amides is 2. The molecule has 2 amide bonds. The van der Waals surface area contributed by atoms with Crippen molar-refractivity contribution < 1.29 is 4.79 Å². The molecule has 1 aliphatic heterocycles. The van der Waals surface area contributed by atoms with E-state index in [0.29, 0.717) is 17.1 Å². The smallest absolute Gasteiger partial charge is 0.337 e. The lowest BCUT2D eigenvalue weighted by atomic mass is 9.95. The Bertz CT molecular complexity index is 801. The summed E-state index contributed by atoms with van der Waals surface area (Å²) in [6.45, 7) is 1.97. The number of rotatable bonds is 1. The number of urea groups is 1. The van der Waals surface area contributed by atoms with Crippen molar-refractivity contribution in [2.45, 2.75) is 19.4 Å². The molecule has 5 nitrogen and oxygen atoms in total. The number of nitrogens with zero attached hydrogens (tertiary/aromatic N) is 2. The van der Waals surface area contributed by atoms with E-state index in [-0.39, 0.29) is 12.1 Å². The van der Waals surface area contributed by atoms with Gasteiger partial charge in [-0.2, -0.15) is 5.10 Å². The quantitative estimate of drug-likeness (QED) is 0.781. The molecule has 24 heavy (non-hydrogen) atoms. The zero-order valence-corrected chi connectivity index (χ0v) is 14.3. The third-order valence-corrected chi connectivity index (χ3v) is 4.30. The van der Waals surface area contributed by atoms with E-state index in [9.17, 15) is 4.79 Å². The first-order chi connectivity index (χ1) is 11.5. The van der Waals surface area contributed by atoms with Crippen LogP contribution in [0.15, 0.2) is 47.6 Å². The molecule has 1 atom stereocenters. The average molecular weight is 343 g/mol. The molecule has 1 aliphatic rings. The topological polar surface area (TPSA) is 70.7 Å². The van der Waals surface area contributed by atoms with E-state index < -0.39 is 0 Å². The molecule has 0 fully saturated rings. The third-order valence-electron chi connectivity index (χ3n) is 4.07. The highest BCUT2D eigenvalue weighted by atomic mass is 35.5. The number of benzene rings is 2. The van der Waals surface area contributed by atoms with Gasteiger partial charge in [0.15, 0.2) is 0 Å². The van der Waals surface area contributed by atoms with Crippen LogP contribution in [0.25, 0.3) is 0 Å². The predicted octanol–water partition coefficient (Wildman–Crippen LogP) is 3.26. The molecule has 0 saturated heterocycles. The van der Waals surface area contributed by atoms with Crippen LogP contribution < -0.4 is 11.1 Å². The lowest BCUT2D eigenvalue weighted by Gasteiger charge is -2.22. The van der Waals surface area contributed by atoms with Crippen LogP contribution in [0, 0.1) is 0 Å². The van der Waals surface area contributed by atoms with E-state index in [1.807, 2.05) is 49.4 Å². The summed E-state index contributed by atoms with van der Waals surface area (Å²) in [5.74, 6) is 0. The largest absolute Gasteiger partial charge is 0.399 e. The second kappa shape index (κ2) is 6.53. The van der Waals surface area contributed by atoms with E-state index in [0.717, 1.165) is 22.4 Å². The van der Waals surface area contributed by atoms with Gasteiger partial charge in [-0.15, -0.1) is 0 Å². The van der Waals surface area contributed by atoms with Crippen molar-refractivity contribution in [1.82, 2.24) is 10.3 Å². The van der Waals surface area contributed by atoms with E-state index >= 15 is 0 Å². The summed E-state index contributed by atoms with van der Waals surface area (Å²) in [4.78, 5) is 12.2. The molecule has 0 aliphatic carbocycles. The first kappa shape index (κ1) is 16.3. The number of nitrogen functional groups attached to an aromatic ring is 1. The summed E-state index contributed by atoms with van der Waals surface area (Å²) >= 11 is 6.17. The fourth-order valence-corrected chi connectivity index (χ4v) is 3.04. The van der Waals surface area contributed by atoms with Gasteiger partial charge in [-0.05, 0) is 43.2 Å². The Morgan fingerprint density at radius 1 is 1.29 bits per heavy atom. The monoisotopic (exact) mass is 342 g/mol. The predicted molar refractivity (Wildman–Crippen MR) is 97.4 cm³/mol. The van der Waals surface area contributed by atoms with E-state index in [1.54, 1.807) is 7.05 Å². The number of hydrogen-bond acceptors (Lipinski definition) is 3. The number of hydrogen-bond donors (Lipinski definition) is 2. The van der Waals surface area contributed by atoms with Gasteiger partial charge in [-0.3, -0.25) is 0 Å². The van der Waals surface area contributed by atoms with Crippen molar-refractivity contribution in [3.8, 4) is 0 Å². The number of halogens is 1. The lowest BCUT2D eigenvalue weighted by molar-refractivity contribution is 0.184. The van der Waals surface area contributed by atoms with Gasteiger partial charge >= 0.3 is 6.03 Å². The summed E-state index contributed by atoms with van der Waals surface area (Å²) in [5, 5.41) is 9.46. The molecule has 0 bridgehead atoms. The number of carbonyl (C=O) groups excluding carboxylic acids is 1. The van der Waals surface area contributed by atoms with Gasteiger partial charge in [-0.25, -0.2) is 9.80 Å². The first-order valence-electron chi connectivity index (χ1n) is 7.74. The average Bonchev–Trinajstić information content (AvgIpc) is 2.70. The Kier molecular flexibility index (Phi) is 4.44. The van der Waals surface area contributed by atoms with E-state index in [2.05, 4.69) is 10.4 Å². The SMILES string of the molecule is CNC(=O)N1N=C(c2ccc(N)cc2)c2ccc(Cl)cc2CC1C. The molecule has 0 aromatic heterocycles. The lowest BCUT2D eigenvalue weighted by Crippen LogP contribution is -2.41. The van der Waals surface area contributed by atoms with E-state index in [4.69, 9.17) is 17.3 Å². The second-order valence-electron chi connectivity index (χ2n) is 5.82. The van der Waals surface area contributed by atoms with Crippen molar-refractivity contribution in [2.24, 2.45) is 5.10 Å². The number of fused-ring (bicyclic) bond motifs is 1. The Morgan fingerprint density at radius 3 is 2.67 bits per heavy atom. The molecule has 2 aromatic rings. The summed E-state index contributed by atoms with van der Waals surface area (Å²) in [6, 6.07) is 12.9. The third kappa shape index (κ3) is 3.08. The van der Waals surface area contributed by atoms with Crippen LogP contribution in [0.4, 0.5) is 10.5 Å². The molecule has 6 heteroatoms. The Balaban J connectivity index is 2.19. The second-order valence-corrected chi connectivity index (χ2v) is 6.26. The number of anilines is 1. The van der Waals surface area contributed by atoms with Crippen LogP contribution in [0.5, 0.6) is 0 Å². The molecule has 2 aromatic carbocycles. The van der Waals surface area contributed by atoms with Crippen LogP contribution in [0.2, 0.25) is 5.02 Å². The fraction of sp³-hybridized carbons (Fsp3) is 0.222. The first-order valence-corrected chi connectivity index (χ1v) is 8.11. The molecular weight excluding hydrogens is 324 g/mol. The highest BCUT2D eigenvalue weighted by Gasteiger charge is 2.26. The molecule has 1 heterocycles. The summed E-state index contributed by atoms with van der Waals surface area (Å²) in [6.07, 6.45) is 0.672. The molecule has 3 N–H and O–H groups in total. The number of nitrogens with two attached hydrogens (primary N) is 1. The standard InChI is InChI=1S/C18H19ClN4O/c1-11-9-13-10-14(19)5-8-16(13)17(22-23(11)18(24)21-2)12-3-6-15(20)7-4-12/h3-8,10-11H,9,20H2,1-2H3,(H,21,24). The fourth-order valence-electron chi connectivity index (χ4n) is 2.84. The maximum absolute atomic E-state index is 12.2. The molecule has 124 valence electrons. The molecule has 3 rings (SSSR count). The van der Waals surface area contributed by atoms with Crippen molar-refractivity contribution in [3.05, 3.63) is 64.2 Å². The van der Waals surface area contributed by atoms with Gasteiger partial charge in [0.05, 0.1) is 11.8 Å². The zero-order valence-electron chi connectivity index (χ0n) is 13.6.